The van der Waals surface area contributed by atoms with E-state index in [0.717, 1.165) is 31.5 Å². The second kappa shape index (κ2) is 11.8. The molecule has 0 atom stereocenters. The Labute approximate surface area is 215 Å². The lowest BCUT2D eigenvalue weighted by Crippen LogP contribution is -2.38. The third kappa shape index (κ3) is 6.56. The van der Waals surface area contributed by atoms with Crippen LogP contribution in [-0.2, 0) is 6.42 Å². The van der Waals surface area contributed by atoms with Gasteiger partial charge >= 0.3 is 0 Å². The number of nitrogens with zero attached hydrogens (tertiary/aromatic N) is 2. The summed E-state index contributed by atoms with van der Waals surface area (Å²) in [5.74, 6) is 0.836. The van der Waals surface area contributed by atoms with Crippen LogP contribution in [0, 0.1) is 5.92 Å². The molecule has 178 valence electrons. The molecule has 0 radical (unpaired) electrons. The number of ether oxygens (including phenoxy) is 1. The topological polar surface area (TPSA) is 54.5 Å². The molecule has 1 aliphatic rings. The van der Waals surface area contributed by atoms with Crippen LogP contribution in [0.25, 0.3) is 0 Å². The Morgan fingerprint density at radius 3 is 2.50 bits per heavy atom. The number of rotatable bonds is 8. The SMILES string of the molecule is O=C(NCC1CCN(c2ccncc2)CC1)c1cc(OCCc2ccc(Cl)cc2Cl)ccc1Cl. The fourth-order valence-corrected chi connectivity index (χ4v) is 4.76. The lowest BCUT2D eigenvalue weighted by Gasteiger charge is -2.33. The van der Waals surface area contributed by atoms with Gasteiger partial charge in [-0.3, -0.25) is 9.78 Å². The average molecular weight is 519 g/mol. The number of carbonyl (C=O) groups excluding carboxylic acids is 1. The van der Waals surface area contributed by atoms with Crippen molar-refractivity contribution in [2.45, 2.75) is 19.3 Å². The summed E-state index contributed by atoms with van der Waals surface area (Å²) in [4.78, 5) is 19.3. The van der Waals surface area contributed by atoms with Crippen molar-refractivity contribution in [1.82, 2.24) is 10.3 Å². The second-order valence-corrected chi connectivity index (χ2v) is 9.57. The number of piperidine rings is 1. The predicted octanol–water partition coefficient (Wildman–Crippen LogP) is 6.31. The van der Waals surface area contributed by atoms with E-state index in [4.69, 9.17) is 39.5 Å². The van der Waals surface area contributed by atoms with Crippen LogP contribution in [0.2, 0.25) is 15.1 Å². The number of anilines is 1. The molecule has 1 saturated heterocycles. The summed E-state index contributed by atoms with van der Waals surface area (Å²) in [6, 6.07) is 14.6. The van der Waals surface area contributed by atoms with Crippen LogP contribution in [0.3, 0.4) is 0 Å². The summed E-state index contributed by atoms with van der Waals surface area (Å²) in [6.45, 7) is 2.97. The third-order valence-electron chi connectivity index (χ3n) is 6.03. The van der Waals surface area contributed by atoms with Crippen molar-refractivity contribution in [1.29, 1.82) is 0 Å². The summed E-state index contributed by atoms with van der Waals surface area (Å²) in [7, 11) is 0. The highest BCUT2D eigenvalue weighted by atomic mass is 35.5. The Balaban J connectivity index is 1.26. The molecule has 3 aromatic rings. The maximum atomic E-state index is 12.8. The van der Waals surface area contributed by atoms with Gasteiger partial charge in [0.05, 0.1) is 17.2 Å². The lowest BCUT2D eigenvalue weighted by molar-refractivity contribution is 0.0944. The van der Waals surface area contributed by atoms with Crippen LogP contribution in [0.15, 0.2) is 60.9 Å². The lowest BCUT2D eigenvalue weighted by atomic mass is 9.96. The monoisotopic (exact) mass is 517 g/mol. The number of hydrogen-bond acceptors (Lipinski definition) is 4. The van der Waals surface area contributed by atoms with Crippen LogP contribution in [-0.4, -0.2) is 37.1 Å². The highest BCUT2D eigenvalue weighted by Crippen LogP contribution is 2.25. The van der Waals surface area contributed by atoms with Gasteiger partial charge in [-0.1, -0.05) is 40.9 Å². The van der Waals surface area contributed by atoms with Gasteiger partial charge in [-0.15, -0.1) is 0 Å². The van der Waals surface area contributed by atoms with Gasteiger partial charge in [0.2, 0.25) is 0 Å². The highest BCUT2D eigenvalue weighted by Gasteiger charge is 2.21. The van der Waals surface area contributed by atoms with Crippen molar-refractivity contribution in [3.63, 3.8) is 0 Å². The molecule has 8 heteroatoms. The number of aromatic nitrogens is 1. The van der Waals surface area contributed by atoms with E-state index in [1.165, 1.54) is 5.69 Å². The number of nitrogens with one attached hydrogen (secondary N) is 1. The second-order valence-electron chi connectivity index (χ2n) is 8.32. The fourth-order valence-electron chi connectivity index (χ4n) is 4.05. The molecule has 1 aliphatic heterocycles. The van der Waals surface area contributed by atoms with E-state index in [1.807, 2.05) is 30.6 Å². The Bertz CT molecular complexity index is 1120. The molecule has 0 unspecified atom stereocenters. The summed E-state index contributed by atoms with van der Waals surface area (Å²) in [6.07, 6.45) is 6.30. The smallest absolute Gasteiger partial charge is 0.252 e. The van der Waals surface area contributed by atoms with Crippen LogP contribution in [0.5, 0.6) is 5.75 Å². The Morgan fingerprint density at radius 1 is 1.00 bits per heavy atom. The van der Waals surface area contributed by atoms with Gasteiger partial charge in [0.1, 0.15) is 5.75 Å². The summed E-state index contributed by atoms with van der Waals surface area (Å²) < 4.78 is 5.85. The molecule has 1 fully saturated rings. The number of benzene rings is 2. The molecule has 1 N–H and O–H groups in total. The molecule has 1 amide bonds. The number of halogens is 3. The van der Waals surface area contributed by atoms with Crippen LogP contribution in [0.4, 0.5) is 5.69 Å². The predicted molar refractivity (Wildman–Crippen MR) is 139 cm³/mol. The van der Waals surface area contributed by atoms with Crippen LogP contribution >= 0.6 is 34.8 Å². The molecule has 0 spiro atoms. The molecule has 4 rings (SSSR count). The largest absolute Gasteiger partial charge is 0.493 e. The van der Waals surface area contributed by atoms with E-state index in [0.29, 0.717) is 51.9 Å². The standard InChI is InChI=1S/C26H26Cl3N3O2/c27-20-2-1-19(25(29)15-20)9-14-34-22-3-4-24(28)23(16-22)26(33)31-17-18-7-12-32(13-8-18)21-5-10-30-11-6-21/h1-6,10-11,15-16,18H,7-9,12-14,17H2,(H,31,33). The van der Waals surface area contributed by atoms with E-state index in [1.54, 1.807) is 30.3 Å². The Morgan fingerprint density at radius 2 is 1.76 bits per heavy atom. The quantitative estimate of drug-likeness (QED) is 0.380. The molecule has 34 heavy (non-hydrogen) atoms. The van der Waals surface area contributed by atoms with Gasteiger partial charge in [-0.05, 0) is 66.8 Å². The number of hydrogen-bond donors (Lipinski definition) is 1. The van der Waals surface area contributed by atoms with Crippen LogP contribution in [0.1, 0.15) is 28.8 Å². The van der Waals surface area contributed by atoms with Gasteiger partial charge in [0.15, 0.2) is 0 Å². The van der Waals surface area contributed by atoms with Gasteiger partial charge in [0, 0.05) is 54.2 Å². The first-order chi connectivity index (χ1) is 16.5. The highest BCUT2D eigenvalue weighted by molar-refractivity contribution is 6.35. The minimum atomic E-state index is -0.187. The molecule has 0 bridgehead atoms. The normalized spacial score (nSPS) is 14.1. The molecule has 2 heterocycles. The van der Waals surface area contributed by atoms with E-state index in [-0.39, 0.29) is 5.91 Å². The molecular formula is C26H26Cl3N3O2. The Kier molecular flexibility index (Phi) is 8.54. The van der Waals surface area contributed by atoms with Crippen molar-refractivity contribution in [2.75, 3.05) is 31.1 Å². The zero-order chi connectivity index (χ0) is 23.9. The summed E-state index contributed by atoms with van der Waals surface area (Å²) >= 11 is 18.5. The maximum absolute atomic E-state index is 12.8. The number of carbonyl (C=O) groups is 1. The molecule has 1 aromatic heterocycles. The van der Waals surface area contributed by atoms with Crippen molar-refractivity contribution in [3.8, 4) is 5.75 Å². The molecule has 0 aliphatic carbocycles. The average Bonchev–Trinajstić information content (AvgIpc) is 2.86. The summed E-state index contributed by atoms with van der Waals surface area (Å²) in [5.41, 5.74) is 2.56. The first-order valence-electron chi connectivity index (χ1n) is 11.3. The molecule has 2 aromatic carbocycles. The van der Waals surface area contributed by atoms with Crippen molar-refractivity contribution >= 4 is 46.4 Å². The van der Waals surface area contributed by atoms with Gasteiger partial charge < -0.3 is 15.0 Å². The summed E-state index contributed by atoms with van der Waals surface area (Å²) in [5, 5.41) is 4.66. The van der Waals surface area contributed by atoms with E-state index >= 15 is 0 Å². The fraction of sp³-hybridized carbons (Fsp3) is 0.308. The van der Waals surface area contributed by atoms with Gasteiger partial charge in [-0.25, -0.2) is 0 Å². The third-order valence-corrected chi connectivity index (χ3v) is 6.95. The zero-order valence-electron chi connectivity index (χ0n) is 18.6. The minimum absolute atomic E-state index is 0.187. The van der Waals surface area contributed by atoms with Crippen molar-refractivity contribution in [3.05, 3.63) is 87.1 Å². The van der Waals surface area contributed by atoms with E-state index < -0.39 is 0 Å². The first-order valence-corrected chi connectivity index (χ1v) is 12.4. The van der Waals surface area contributed by atoms with Crippen molar-refractivity contribution < 1.29 is 9.53 Å². The van der Waals surface area contributed by atoms with Gasteiger partial charge in [-0.2, -0.15) is 0 Å². The van der Waals surface area contributed by atoms with E-state index in [2.05, 4.69) is 15.2 Å². The zero-order valence-corrected chi connectivity index (χ0v) is 20.9. The van der Waals surface area contributed by atoms with Gasteiger partial charge in [0.25, 0.3) is 5.91 Å². The Hall–Kier alpha value is -2.47. The van der Waals surface area contributed by atoms with Crippen molar-refractivity contribution in [2.24, 2.45) is 5.92 Å². The first kappa shape index (κ1) is 24.6. The molecule has 5 nitrogen and oxygen atoms in total. The van der Waals surface area contributed by atoms with E-state index in [9.17, 15) is 4.79 Å². The number of pyridine rings is 1. The minimum Gasteiger partial charge on any atom is -0.493 e. The van der Waals surface area contributed by atoms with Crippen LogP contribution < -0.4 is 15.0 Å². The molecular weight excluding hydrogens is 493 g/mol. The number of amides is 1. The molecule has 0 saturated carbocycles. The maximum Gasteiger partial charge on any atom is 0.252 e.